The third kappa shape index (κ3) is 5.43. The van der Waals surface area contributed by atoms with Crippen LogP contribution in [0.4, 0.5) is 0 Å². The molecule has 0 aliphatic carbocycles. The zero-order valence-corrected chi connectivity index (χ0v) is 11.6. The van der Waals surface area contributed by atoms with Gasteiger partial charge in [-0.15, -0.1) is 0 Å². The molecular weight excluding hydrogens is 273 g/mol. The lowest BCUT2D eigenvalue weighted by atomic mass is 10.1. The molecule has 1 aromatic carbocycles. The standard InChI is InChI=1S/C13H15Cl2NO2/c1-9(2-5-13(16)17)6-7-18-12-4-3-10(14)8-11(12)15/h3-4,6,8H,2,5,7H2,1H3,(H2,16,17)/b9-6+. The number of primary amides is 1. The smallest absolute Gasteiger partial charge is 0.217 e. The molecule has 0 bridgehead atoms. The molecule has 3 nitrogen and oxygen atoms in total. The molecule has 0 aliphatic rings. The first kappa shape index (κ1) is 14.9. The Hall–Kier alpha value is -1.19. The Labute approximate surface area is 117 Å². The first-order valence-electron chi connectivity index (χ1n) is 5.51. The predicted octanol–water partition coefficient (Wildman–Crippen LogP) is 3.58. The van der Waals surface area contributed by atoms with E-state index in [2.05, 4.69) is 0 Å². The summed E-state index contributed by atoms with van der Waals surface area (Å²) in [5, 5.41) is 1.05. The van der Waals surface area contributed by atoms with Gasteiger partial charge < -0.3 is 10.5 Å². The Morgan fingerprint density at radius 2 is 2.11 bits per heavy atom. The van der Waals surface area contributed by atoms with Gasteiger partial charge in [-0.3, -0.25) is 4.79 Å². The summed E-state index contributed by atoms with van der Waals surface area (Å²) in [6, 6.07) is 5.06. The fourth-order valence-corrected chi connectivity index (χ4v) is 1.75. The van der Waals surface area contributed by atoms with Gasteiger partial charge in [-0.2, -0.15) is 0 Å². The van der Waals surface area contributed by atoms with Crippen molar-refractivity contribution in [1.29, 1.82) is 0 Å². The molecule has 2 N–H and O–H groups in total. The third-order valence-electron chi connectivity index (χ3n) is 2.33. The summed E-state index contributed by atoms with van der Waals surface area (Å²) in [6.45, 7) is 2.32. The minimum Gasteiger partial charge on any atom is -0.488 e. The first-order chi connectivity index (χ1) is 8.49. The fourth-order valence-electron chi connectivity index (χ4n) is 1.29. The van der Waals surface area contributed by atoms with Gasteiger partial charge in [0.25, 0.3) is 0 Å². The van der Waals surface area contributed by atoms with Crippen molar-refractivity contribution in [3.63, 3.8) is 0 Å². The first-order valence-corrected chi connectivity index (χ1v) is 6.26. The van der Waals surface area contributed by atoms with Gasteiger partial charge in [-0.25, -0.2) is 0 Å². The third-order valence-corrected chi connectivity index (χ3v) is 2.86. The minimum atomic E-state index is -0.301. The molecule has 1 rings (SSSR count). The van der Waals surface area contributed by atoms with Crippen molar-refractivity contribution in [2.75, 3.05) is 6.61 Å². The van der Waals surface area contributed by atoms with Crippen LogP contribution in [0.1, 0.15) is 19.8 Å². The van der Waals surface area contributed by atoms with Gasteiger partial charge >= 0.3 is 0 Å². The van der Waals surface area contributed by atoms with Gasteiger partial charge in [0.2, 0.25) is 5.91 Å². The van der Waals surface area contributed by atoms with Gasteiger partial charge in [0.1, 0.15) is 12.4 Å². The highest BCUT2D eigenvalue weighted by Gasteiger charge is 2.01. The predicted molar refractivity (Wildman–Crippen MR) is 74.1 cm³/mol. The second-order valence-corrected chi connectivity index (χ2v) is 4.75. The number of hydrogen-bond acceptors (Lipinski definition) is 2. The van der Waals surface area contributed by atoms with E-state index in [0.29, 0.717) is 35.2 Å². The maximum absolute atomic E-state index is 10.6. The normalized spacial score (nSPS) is 11.4. The molecule has 98 valence electrons. The molecule has 0 heterocycles. The molecule has 0 atom stereocenters. The quantitative estimate of drug-likeness (QED) is 0.813. The molecule has 0 fully saturated rings. The number of hydrogen-bond donors (Lipinski definition) is 1. The Morgan fingerprint density at radius 1 is 1.39 bits per heavy atom. The summed E-state index contributed by atoms with van der Waals surface area (Å²) < 4.78 is 5.49. The van der Waals surface area contributed by atoms with Crippen molar-refractivity contribution in [2.45, 2.75) is 19.8 Å². The van der Waals surface area contributed by atoms with Crippen LogP contribution in [0.15, 0.2) is 29.8 Å². The Balaban J connectivity index is 2.45. The van der Waals surface area contributed by atoms with Crippen LogP contribution in [0.3, 0.4) is 0 Å². The zero-order valence-electron chi connectivity index (χ0n) is 10.1. The highest BCUT2D eigenvalue weighted by atomic mass is 35.5. The molecule has 0 radical (unpaired) electrons. The molecule has 0 aromatic heterocycles. The monoisotopic (exact) mass is 287 g/mol. The number of nitrogens with two attached hydrogens (primary N) is 1. The SMILES string of the molecule is C/C(=C\COc1ccc(Cl)cc1Cl)CCC(N)=O. The molecule has 0 aliphatic heterocycles. The number of ether oxygens (including phenoxy) is 1. The number of halogens is 2. The van der Waals surface area contributed by atoms with Crippen molar-refractivity contribution in [3.05, 3.63) is 39.9 Å². The number of carbonyl (C=O) groups is 1. The van der Waals surface area contributed by atoms with E-state index in [1.807, 2.05) is 13.0 Å². The van der Waals surface area contributed by atoms with E-state index in [4.69, 9.17) is 33.7 Å². The van der Waals surface area contributed by atoms with Crippen LogP contribution >= 0.6 is 23.2 Å². The van der Waals surface area contributed by atoms with Gasteiger partial charge in [0.05, 0.1) is 5.02 Å². The van der Waals surface area contributed by atoms with Crippen LogP contribution in [0, 0.1) is 0 Å². The average Bonchev–Trinajstić information content (AvgIpc) is 2.29. The van der Waals surface area contributed by atoms with Crippen LogP contribution < -0.4 is 10.5 Å². The Kier molecular flexibility index (Phi) is 6.02. The van der Waals surface area contributed by atoms with Crippen molar-refractivity contribution in [2.24, 2.45) is 5.73 Å². The minimum absolute atomic E-state index is 0.301. The highest BCUT2D eigenvalue weighted by molar-refractivity contribution is 6.35. The lowest BCUT2D eigenvalue weighted by Gasteiger charge is -2.06. The summed E-state index contributed by atoms with van der Waals surface area (Å²) in [7, 11) is 0. The fraction of sp³-hybridized carbons (Fsp3) is 0.308. The van der Waals surface area contributed by atoms with Gasteiger partial charge in [0, 0.05) is 11.4 Å². The van der Waals surface area contributed by atoms with E-state index in [0.717, 1.165) is 5.57 Å². The molecule has 1 amide bonds. The molecule has 0 saturated heterocycles. The molecule has 5 heteroatoms. The van der Waals surface area contributed by atoms with Gasteiger partial charge in [-0.05, 0) is 37.6 Å². The van der Waals surface area contributed by atoms with Crippen LogP contribution in [0.2, 0.25) is 10.0 Å². The zero-order chi connectivity index (χ0) is 13.5. The Morgan fingerprint density at radius 3 is 2.72 bits per heavy atom. The molecule has 1 aromatic rings. The molecule has 0 spiro atoms. The largest absolute Gasteiger partial charge is 0.488 e. The van der Waals surface area contributed by atoms with Gasteiger partial charge in [-0.1, -0.05) is 28.8 Å². The summed E-state index contributed by atoms with van der Waals surface area (Å²) >= 11 is 11.7. The topological polar surface area (TPSA) is 52.3 Å². The van der Waals surface area contributed by atoms with Crippen molar-refractivity contribution >= 4 is 29.1 Å². The molecular formula is C13H15Cl2NO2. The molecule has 0 saturated carbocycles. The van der Waals surface area contributed by atoms with E-state index < -0.39 is 0 Å². The second-order valence-electron chi connectivity index (χ2n) is 3.90. The second kappa shape index (κ2) is 7.29. The number of benzene rings is 1. The number of rotatable bonds is 6. The van der Waals surface area contributed by atoms with Crippen molar-refractivity contribution in [3.8, 4) is 5.75 Å². The Bertz CT molecular complexity index is 458. The van der Waals surface area contributed by atoms with E-state index >= 15 is 0 Å². The van der Waals surface area contributed by atoms with Crippen LogP contribution in [-0.2, 0) is 4.79 Å². The summed E-state index contributed by atoms with van der Waals surface area (Å²) in [5.41, 5.74) is 6.12. The number of allylic oxidation sites excluding steroid dienone is 1. The van der Waals surface area contributed by atoms with E-state index in [1.165, 1.54) is 0 Å². The lowest BCUT2D eigenvalue weighted by molar-refractivity contribution is -0.117. The van der Waals surface area contributed by atoms with Crippen LogP contribution in [0.5, 0.6) is 5.75 Å². The highest BCUT2D eigenvalue weighted by Crippen LogP contribution is 2.27. The number of amides is 1. The maximum atomic E-state index is 10.6. The van der Waals surface area contributed by atoms with Crippen LogP contribution in [0.25, 0.3) is 0 Å². The summed E-state index contributed by atoms with van der Waals surface area (Å²) in [5.74, 6) is 0.282. The van der Waals surface area contributed by atoms with Crippen molar-refractivity contribution in [1.82, 2.24) is 0 Å². The summed E-state index contributed by atoms with van der Waals surface area (Å²) in [6.07, 6.45) is 2.89. The average molecular weight is 288 g/mol. The molecule has 18 heavy (non-hydrogen) atoms. The van der Waals surface area contributed by atoms with E-state index in [-0.39, 0.29) is 5.91 Å². The van der Waals surface area contributed by atoms with Gasteiger partial charge in [0.15, 0.2) is 0 Å². The molecule has 0 unspecified atom stereocenters. The summed E-state index contributed by atoms with van der Waals surface area (Å²) in [4.78, 5) is 10.6. The van der Waals surface area contributed by atoms with E-state index in [1.54, 1.807) is 18.2 Å². The van der Waals surface area contributed by atoms with E-state index in [9.17, 15) is 4.79 Å². The van der Waals surface area contributed by atoms with Crippen molar-refractivity contribution < 1.29 is 9.53 Å². The maximum Gasteiger partial charge on any atom is 0.217 e. The van der Waals surface area contributed by atoms with Crippen LogP contribution in [-0.4, -0.2) is 12.5 Å². The lowest BCUT2D eigenvalue weighted by Crippen LogP contribution is -2.09. The number of carbonyl (C=O) groups excluding carboxylic acids is 1.